The highest BCUT2D eigenvalue weighted by molar-refractivity contribution is 5.58. The van der Waals surface area contributed by atoms with E-state index in [2.05, 4.69) is 53.4 Å². The lowest BCUT2D eigenvalue weighted by Gasteiger charge is -2.34. The maximum atomic E-state index is 5.16. The third-order valence-corrected chi connectivity index (χ3v) is 3.54. The summed E-state index contributed by atoms with van der Waals surface area (Å²) in [5, 5.41) is 3.47. The van der Waals surface area contributed by atoms with Crippen molar-refractivity contribution >= 4 is 11.4 Å². The van der Waals surface area contributed by atoms with Gasteiger partial charge in [0.1, 0.15) is 0 Å². The van der Waals surface area contributed by atoms with E-state index < -0.39 is 0 Å². The number of methoxy groups -OCH3 is 1. The fourth-order valence-electron chi connectivity index (χ4n) is 2.43. The largest absolute Gasteiger partial charge is 0.383 e. The van der Waals surface area contributed by atoms with Gasteiger partial charge in [-0.3, -0.25) is 0 Å². The van der Waals surface area contributed by atoms with Gasteiger partial charge in [-0.1, -0.05) is 6.07 Å². The van der Waals surface area contributed by atoms with Crippen molar-refractivity contribution in [3.8, 4) is 0 Å². The Morgan fingerprint density at radius 3 is 2.68 bits per heavy atom. The van der Waals surface area contributed by atoms with Crippen LogP contribution >= 0.6 is 0 Å². The smallest absolute Gasteiger partial charge is 0.0661 e. The van der Waals surface area contributed by atoms with E-state index in [1.807, 2.05) is 0 Å². The normalized spacial score (nSPS) is 18.4. The van der Waals surface area contributed by atoms with Crippen LogP contribution in [0.15, 0.2) is 24.3 Å². The maximum absolute atomic E-state index is 5.16. The van der Waals surface area contributed by atoms with Crippen LogP contribution in [0.25, 0.3) is 0 Å². The Labute approximate surface area is 116 Å². The van der Waals surface area contributed by atoms with E-state index in [1.54, 1.807) is 7.11 Å². The van der Waals surface area contributed by atoms with E-state index in [0.29, 0.717) is 6.04 Å². The zero-order valence-electron chi connectivity index (χ0n) is 12.2. The number of benzene rings is 1. The Morgan fingerprint density at radius 2 is 2.00 bits per heavy atom. The van der Waals surface area contributed by atoms with Gasteiger partial charge in [-0.15, -0.1) is 0 Å². The predicted molar refractivity (Wildman–Crippen MR) is 81.1 cm³/mol. The summed E-state index contributed by atoms with van der Waals surface area (Å²) >= 11 is 0. The van der Waals surface area contributed by atoms with Crippen LogP contribution in [0.2, 0.25) is 0 Å². The first-order chi connectivity index (χ1) is 9.19. The molecule has 0 aliphatic carbocycles. The van der Waals surface area contributed by atoms with Crippen LogP contribution in [0.4, 0.5) is 11.4 Å². The first-order valence-corrected chi connectivity index (χ1v) is 6.98. The van der Waals surface area contributed by atoms with Crippen LogP contribution in [0.1, 0.15) is 6.92 Å². The fourth-order valence-corrected chi connectivity index (χ4v) is 2.43. The molecule has 1 saturated heterocycles. The van der Waals surface area contributed by atoms with Crippen molar-refractivity contribution in [1.82, 2.24) is 4.90 Å². The van der Waals surface area contributed by atoms with Crippen LogP contribution in [0, 0.1) is 0 Å². The molecular weight excluding hydrogens is 238 g/mol. The van der Waals surface area contributed by atoms with Crippen molar-refractivity contribution in [3.05, 3.63) is 24.3 Å². The molecule has 1 heterocycles. The number of rotatable bonds is 5. The molecule has 106 valence electrons. The zero-order valence-corrected chi connectivity index (χ0v) is 12.2. The standard InChI is InChI=1S/C15H25N3O/c1-13(12-19-3)16-14-5-4-6-15(11-14)18-9-7-17(2)8-10-18/h4-6,11,13,16H,7-10,12H2,1-3H3/t13-/m1/s1. The molecule has 1 aliphatic rings. The van der Waals surface area contributed by atoms with Crippen molar-refractivity contribution in [2.24, 2.45) is 0 Å². The number of likely N-dealkylation sites (N-methyl/N-ethyl adjacent to an activating group) is 1. The first-order valence-electron chi connectivity index (χ1n) is 6.98. The number of anilines is 2. The second kappa shape index (κ2) is 6.78. The minimum Gasteiger partial charge on any atom is -0.383 e. The zero-order chi connectivity index (χ0) is 13.7. The quantitative estimate of drug-likeness (QED) is 0.878. The van der Waals surface area contributed by atoms with Gasteiger partial charge < -0.3 is 19.9 Å². The molecule has 0 spiro atoms. The Bertz CT molecular complexity index is 389. The van der Waals surface area contributed by atoms with Crippen molar-refractivity contribution < 1.29 is 4.74 Å². The van der Waals surface area contributed by atoms with E-state index in [1.165, 1.54) is 11.4 Å². The Hall–Kier alpha value is -1.26. The molecule has 1 aromatic rings. The summed E-state index contributed by atoms with van der Waals surface area (Å²) < 4.78 is 5.16. The molecule has 0 radical (unpaired) electrons. The van der Waals surface area contributed by atoms with Gasteiger partial charge >= 0.3 is 0 Å². The lowest BCUT2D eigenvalue weighted by molar-refractivity contribution is 0.190. The minimum absolute atomic E-state index is 0.327. The average Bonchev–Trinajstić information content (AvgIpc) is 2.40. The van der Waals surface area contributed by atoms with Crippen LogP contribution < -0.4 is 10.2 Å². The van der Waals surface area contributed by atoms with Crippen molar-refractivity contribution in [1.29, 1.82) is 0 Å². The van der Waals surface area contributed by atoms with Crippen LogP contribution in [0.5, 0.6) is 0 Å². The van der Waals surface area contributed by atoms with E-state index in [-0.39, 0.29) is 0 Å². The van der Waals surface area contributed by atoms with Crippen molar-refractivity contribution in [2.45, 2.75) is 13.0 Å². The molecule has 0 amide bonds. The summed E-state index contributed by atoms with van der Waals surface area (Å²) in [5.41, 5.74) is 2.48. The summed E-state index contributed by atoms with van der Waals surface area (Å²) in [6, 6.07) is 8.99. The number of hydrogen-bond acceptors (Lipinski definition) is 4. The Kier molecular flexibility index (Phi) is 5.05. The lowest BCUT2D eigenvalue weighted by atomic mass is 10.2. The van der Waals surface area contributed by atoms with Gasteiger partial charge in [-0.2, -0.15) is 0 Å². The van der Waals surface area contributed by atoms with E-state index in [9.17, 15) is 0 Å². The molecule has 2 rings (SSSR count). The van der Waals surface area contributed by atoms with Gasteiger partial charge in [0.25, 0.3) is 0 Å². The van der Waals surface area contributed by atoms with Crippen LogP contribution in [0.3, 0.4) is 0 Å². The van der Waals surface area contributed by atoms with Gasteiger partial charge in [0, 0.05) is 50.7 Å². The molecule has 1 fully saturated rings. The fraction of sp³-hybridized carbons (Fsp3) is 0.600. The second-order valence-corrected chi connectivity index (χ2v) is 5.34. The highest BCUT2D eigenvalue weighted by Crippen LogP contribution is 2.21. The van der Waals surface area contributed by atoms with E-state index >= 15 is 0 Å². The summed E-state index contributed by atoms with van der Waals surface area (Å²) in [6.07, 6.45) is 0. The SMILES string of the molecule is COC[C@@H](C)Nc1cccc(N2CCN(C)CC2)c1. The maximum Gasteiger partial charge on any atom is 0.0661 e. The summed E-state index contributed by atoms with van der Waals surface area (Å²) in [6.45, 7) is 7.33. The van der Waals surface area contributed by atoms with Crippen molar-refractivity contribution in [3.63, 3.8) is 0 Å². The lowest BCUT2D eigenvalue weighted by Crippen LogP contribution is -2.44. The van der Waals surface area contributed by atoms with E-state index in [0.717, 1.165) is 32.8 Å². The topological polar surface area (TPSA) is 27.7 Å². The molecular formula is C15H25N3O. The second-order valence-electron chi connectivity index (χ2n) is 5.34. The molecule has 0 saturated carbocycles. The molecule has 4 heteroatoms. The van der Waals surface area contributed by atoms with Gasteiger partial charge in [0.15, 0.2) is 0 Å². The highest BCUT2D eigenvalue weighted by Gasteiger charge is 2.14. The number of nitrogens with zero attached hydrogens (tertiary/aromatic N) is 2. The molecule has 1 N–H and O–H groups in total. The minimum atomic E-state index is 0.327. The molecule has 0 aromatic heterocycles. The van der Waals surface area contributed by atoms with Crippen molar-refractivity contribution in [2.75, 3.05) is 57.2 Å². The highest BCUT2D eigenvalue weighted by atomic mass is 16.5. The molecule has 1 atom stereocenters. The van der Waals surface area contributed by atoms with Gasteiger partial charge in [-0.25, -0.2) is 0 Å². The molecule has 0 bridgehead atoms. The third-order valence-electron chi connectivity index (χ3n) is 3.54. The summed E-state index contributed by atoms with van der Waals surface area (Å²) in [4.78, 5) is 4.82. The summed E-state index contributed by atoms with van der Waals surface area (Å²) in [5.74, 6) is 0. The van der Waals surface area contributed by atoms with E-state index in [4.69, 9.17) is 4.74 Å². The molecule has 1 aliphatic heterocycles. The number of nitrogens with one attached hydrogen (secondary N) is 1. The van der Waals surface area contributed by atoms with Crippen LogP contribution in [-0.2, 0) is 4.74 Å². The number of piperazine rings is 1. The third kappa shape index (κ3) is 4.11. The number of ether oxygens (including phenoxy) is 1. The van der Waals surface area contributed by atoms with Crippen LogP contribution in [-0.4, -0.2) is 57.9 Å². The Morgan fingerprint density at radius 1 is 1.26 bits per heavy atom. The molecule has 1 aromatic carbocycles. The Balaban J connectivity index is 1.98. The molecule has 19 heavy (non-hydrogen) atoms. The monoisotopic (exact) mass is 263 g/mol. The number of hydrogen-bond donors (Lipinski definition) is 1. The predicted octanol–water partition coefficient (Wildman–Crippen LogP) is 1.89. The molecule has 4 nitrogen and oxygen atoms in total. The first kappa shape index (κ1) is 14.2. The van der Waals surface area contributed by atoms with Gasteiger partial charge in [0.05, 0.1) is 6.61 Å². The van der Waals surface area contributed by atoms with Gasteiger partial charge in [0.2, 0.25) is 0 Å². The summed E-state index contributed by atoms with van der Waals surface area (Å²) in [7, 11) is 3.92. The van der Waals surface area contributed by atoms with Gasteiger partial charge in [-0.05, 0) is 32.2 Å². The average molecular weight is 263 g/mol. The molecule has 0 unspecified atom stereocenters.